The number of carbonyl (C=O) groups excluding carboxylic acids is 1. The van der Waals surface area contributed by atoms with E-state index >= 15 is 0 Å². The van der Waals surface area contributed by atoms with Gasteiger partial charge in [-0.3, -0.25) is 4.79 Å². The van der Waals surface area contributed by atoms with Gasteiger partial charge in [0.1, 0.15) is 6.33 Å². The van der Waals surface area contributed by atoms with Crippen LogP contribution in [0.5, 0.6) is 0 Å². The fourth-order valence-electron chi connectivity index (χ4n) is 1.10. The van der Waals surface area contributed by atoms with Gasteiger partial charge >= 0.3 is 0 Å². The fraction of sp³-hybridized carbons (Fsp3) is 0.500. The fourth-order valence-corrected chi connectivity index (χ4v) is 1.10. The molecule has 0 saturated carbocycles. The Labute approximate surface area is 89.1 Å². The highest BCUT2D eigenvalue weighted by atomic mass is 16.2. The molecule has 1 aromatic heterocycles. The van der Waals surface area contributed by atoms with Crippen molar-refractivity contribution in [3.05, 3.63) is 18.7 Å². The zero-order valence-corrected chi connectivity index (χ0v) is 8.97. The van der Waals surface area contributed by atoms with E-state index in [1.165, 1.54) is 18.7 Å². The van der Waals surface area contributed by atoms with E-state index in [-0.39, 0.29) is 11.8 Å². The van der Waals surface area contributed by atoms with Crippen LogP contribution in [0.25, 0.3) is 0 Å². The van der Waals surface area contributed by atoms with Gasteiger partial charge in [-0.25, -0.2) is 9.97 Å². The molecule has 2 atom stereocenters. The van der Waals surface area contributed by atoms with Crippen LogP contribution in [0, 0.1) is 5.92 Å². The third kappa shape index (κ3) is 3.28. The van der Waals surface area contributed by atoms with E-state index < -0.39 is 6.04 Å². The number of nitrogens with two attached hydrogens (primary N) is 1. The number of nitrogens with one attached hydrogen (secondary N) is 1. The summed E-state index contributed by atoms with van der Waals surface area (Å²) in [7, 11) is 0. The molecule has 3 N–H and O–H groups in total. The molecule has 82 valence electrons. The predicted octanol–water partition coefficient (Wildman–Crippen LogP) is 0.788. The third-order valence-electron chi connectivity index (χ3n) is 2.39. The molecule has 15 heavy (non-hydrogen) atoms. The quantitative estimate of drug-likeness (QED) is 0.766. The third-order valence-corrected chi connectivity index (χ3v) is 2.39. The minimum Gasteiger partial charge on any atom is -0.322 e. The minimum absolute atomic E-state index is 0.162. The van der Waals surface area contributed by atoms with Crippen LogP contribution in [-0.2, 0) is 4.79 Å². The van der Waals surface area contributed by atoms with Crippen LogP contribution in [0.3, 0.4) is 0 Å². The highest BCUT2D eigenvalue weighted by molar-refractivity contribution is 5.94. The first kappa shape index (κ1) is 11.6. The van der Waals surface area contributed by atoms with Crippen molar-refractivity contribution in [2.75, 3.05) is 5.32 Å². The molecule has 1 amide bonds. The smallest absolute Gasteiger partial charge is 0.241 e. The van der Waals surface area contributed by atoms with Gasteiger partial charge in [-0.1, -0.05) is 20.3 Å². The van der Waals surface area contributed by atoms with E-state index in [1.54, 1.807) is 0 Å². The van der Waals surface area contributed by atoms with Crippen LogP contribution in [-0.4, -0.2) is 21.9 Å². The first-order valence-electron chi connectivity index (χ1n) is 4.96. The van der Waals surface area contributed by atoms with Gasteiger partial charge in [0, 0.05) is 0 Å². The Bertz CT molecular complexity index is 314. The summed E-state index contributed by atoms with van der Waals surface area (Å²) < 4.78 is 0. The van der Waals surface area contributed by atoms with Crippen LogP contribution in [0.15, 0.2) is 18.7 Å². The number of amides is 1. The Hall–Kier alpha value is -1.49. The lowest BCUT2D eigenvalue weighted by Crippen LogP contribution is -2.40. The molecule has 1 aromatic rings. The SMILES string of the molecule is CC[C@H](C)[C@H](N)C(=O)Nc1cncnc1. The molecule has 0 saturated heterocycles. The number of anilines is 1. The maximum Gasteiger partial charge on any atom is 0.241 e. The van der Waals surface area contributed by atoms with Gasteiger partial charge in [0.05, 0.1) is 24.1 Å². The molecule has 0 radical (unpaired) electrons. The maximum atomic E-state index is 11.6. The second-order valence-electron chi connectivity index (χ2n) is 3.53. The van der Waals surface area contributed by atoms with Crippen molar-refractivity contribution < 1.29 is 4.79 Å². The van der Waals surface area contributed by atoms with E-state index in [0.717, 1.165) is 6.42 Å². The van der Waals surface area contributed by atoms with Crippen LogP contribution >= 0.6 is 0 Å². The van der Waals surface area contributed by atoms with Crippen LogP contribution < -0.4 is 11.1 Å². The van der Waals surface area contributed by atoms with Crippen molar-refractivity contribution in [1.82, 2.24) is 9.97 Å². The van der Waals surface area contributed by atoms with Crippen molar-refractivity contribution >= 4 is 11.6 Å². The van der Waals surface area contributed by atoms with Crippen LogP contribution in [0.2, 0.25) is 0 Å². The summed E-state index contributed by atoms with van der Waals surface area (Å²) in [4.78, 5) is 19.2. The monoisotopic (exact) mass is 208 g/mol. The topological polar surface area (TPSA) is 80.9 Å². The molecule has 0 aromatic carbocycles. The number of hydrogen-bond acceptors (Lipinski definition) is 4. The summed E-state index contributed by atoms with van der Waals surface area (Å²) in [6.07, 6.45) is 5.35. The number of hydrogen-bond donors (Lipinski definition) is 2. The molecule has 1 rings (SSSR count). The van der Waals surface area contributed by atoms with Gasteiger partial charge < -0.3 is 11.1 Å². The first-order valence-corrected chi connectivity index (χ1v) is 4.96. The van der Waals surface area contributed by atoms with Crippen LogP contribution in [0.4, 0.5) is 5.69 Å². The summed E-state index contributed by atoms with van der Waals surface area (Å²) in [5, 5.41) is 2.67. The molecule has 0 spiro atoms. The Morgan fingerprint density at radius 1 is 1.53 bits per heavy atom. The molecular formula is C10H16N4O. The van der Waals surface area contributed by atoms with Gasteiger partial charge in [-0.2, -0.15) is 0 Å². The molecule has 0 fully saturated rings. The van der Waals surface area contributed by atoms with Gasteiger partial charge in [0.2, 0.25) is 5.91 Å². The van der Waals surface area contributed by atoms with Gasteiger partial charge in [-0.05, 0) is 5.92 Å². The minimum atomic E-state index is -0.491. The van der Waals surface area contributed by atoms with Gasteiger partial charge in [0.15, 0.2) is 0 Å². The van der Waals surface area contributed by atoms with Crippen molar-refractivity contribution in [2.24, 2.45) is 11.7 Å². The molecule has 1 heterocycles. The van der Waals surface area contributed by atoms with Crippen molar-refractivity contribution in [2.45, 2.75) is 26.3 Å². The molecular weight excluding hydrogens is 192 g/mol. The zero-order chi connectivity index (χ0) is 11.3. The lowest BCUT2D eigenvalue weighted by atomic mass is 9.99. The van der Waals surface area contributed by atoms with Crippen molar-refractivity contribution in [1.29, 1.82) is 0 Å². The zero-order valence-electron chi connectivity index (χ0n) is 8.97. The largest absolute Gasteiger partial charge is 0.322 e. The highest BCUT2D eigenvalue weighted by Gasteiger charge is 2.19. The Kier molecular flexibility index (Phi) is 4.17. The second kappa shape index (κ2) is 5.41. The molecule has 5 nitrogen and oxygen atoms in total. The summed E-state index contributed by atoms with van der Waals surface area (Å²) in [6.45, 7) is 3.95. The van der Waals surface area contributed by atoms with E-state index in [2.05, 4.69) is 15.3 Å². The first-order chi connectivity index (χ1) is 7.15. The lowest BCUT2D eigenvalue weighted by molar-refractivity contribution is -0.118. The van der Waals surface area contributed by atoms with Gasteiger partial charge in [0.25, 0.3) is 0 Å². The van der Waals surface area contributed by atoms with Crippen LogP contribution in [0.1, 0.15) is 20.3 Å². The average molecular weight is 208 g/mol. The maximum absolute atomic E-state index is 11.6. The van der Waals surface area contributed by atoms with E-state index in [9.17, 15) is 4.79 Å². The summed E-state index contributed by atoms with van der Waals surface area (Å²) >= 11 is 0. The predicted molar refractivity (Wildman–Crippen MR) is 58.1 cm³/mol. The lowest BCUT2D eigenvalue weighted by Gasteiger charge is -2.17. The Morgan fingerprint density at radius 3 is 2.67 bits per heavy atom. The molecule has 0 aliphatic rings. The van der Waals surface area contributed by atoms with E-state index in [0.29, 0.717) is 5.69 Å². The van der Waals surface area contributed by atoms with Crippen molar-refractivity contribution in [3.8, 4) is 0 Å². The number of rotatable bonds is 4. The highest BCUT2D eigenvalue weighted by Crippen LogP contribution is 2.08. The van der Waals surface area contributed by atoms with E-state index in [4.69, 9.17) is 5.73 Å². The number of nitrogens with zero attached hydrogens (tertiary/aromatic N) is 2. The number of carbonyl (C=O) groups is 1. The molecule has 5 heteroatoms. The summed E-state index contributed by atoms with van der Waals surface area (Å²) in [6, 6.07) is -0.491. The van der Waals surface area contributed by atoms with E-state index in [1.807, 2.05) is 13.8 Å². The normalized spacial score (nSPS) is 14.3. The summed E-state index contributed by atoms with van der Waals surface area (Å²) in [5.41, 5.74) is 6.34. The molecule has 0 unspecified atom stereocenters. The Balaban J connectivity index is 2.56. The molecule has 0 aliphatic carbocycles. The molecule has 0 bridgehead atoms. The van der Waals surface area contributed by atoms with Crippen molar-refractivity contribution in [3.63, 3.8) is 0 Å². The summed E-state index contributed by atoms with van der Waals surface area (Å²) in [5.74, 6) is -0.0335. The van der Waals surface area contributed by atoms with Gasteiger partial charge in [-0.15, -0.1) is 0 Å². The molecule has 0 aliphatic heterocycles. The Morgan fingerprint density at radius 2 is 2.13 bits per heavy atom. The second-order valence-corrected chi connectivity index (χ2v) is 3.53. The number of aromatic nitrogens is 2. The average Bonchev–Trinajstić information content (AvgIpc) is 2.28. The standard InChI is InChI=1S/C10H16N4O/c1-3-7(2)9(11)10(15)14-8-4-12-6-13-5-8/h4-7,9H,3,11H2,1-2H3,(H,14,15)/t7-,9-/m0/s1.